The fraction of sp³-hybridized carbons (Fsp3) is 0.259. The van der Waals surface area contributed by atoms with Gasteiger partial charge in [-0.05, 0) is 42.7 Å². The average Bonchev–Trinajstić information content (AvgIpc) is 2.87. The highest BCUT2D eigenvalue weighted by atomic mass is 19.1. The highest BCUT2D eigenvalue weighted by Crippen LogP contribution is 2.25. The molecule has 8 heteroatoms. The summed E-state index contributed by atoms with van der Waals surface area (Å²) in [4.78, 5) is 13.0. The van der Waals surface area contributed by atoms with Crippen LogP contribution in [0.25, 0.3) is 0 Å². The summed E-state index contributed by atoms with van der Waals surface area (Å²) in [6.45, 7) is 2.83. The molecule has 0 aliphatic heterocycles. The van der Waals surface area contributed by atoms with Crippen LogP contribution in [-0.4, -0.2) is 32.0 Å². The second-order valence-corrected chi connectivity index (χ2v) is 7.89. The number of ether oxygens (including phenoxy) is 2. The number of hydrogen-bond acceptors (Lipinski definition) is 5. The zero-order valence-electron chi connectivity index (χ0n) is 19.9. The van der Waals surface area contributed by atoms with Crippen molar-refractivity contribution in [3.8, 4) is 5.75 Å². The van der Waals surface area contributed by atoms with Crippen molar-refractivity contribution in [2.24, 2.45) is 5.73 Å². The molecule has 0 saturated carbocycles. The van der Waals surface area contributed by atoms with Gasteiger partial charge in [-0.2, -0.15) is 0 Å². The van der Waals surface area contributed by atoms with E-state index in [9.17, 15) is 9.18 Å². The summed E-state index contributed by atoms with van der Waals surface area (Å²) in [5.41, 5.74) is 9.15. The Morgan fingerprint density at radius 3 is 2.54 bits per heavy atom. The topological polar surface area (TPSA) is 109 Å². The standard InChI is InChI=1S/C27H31FN4O3/c1-3-35-25(22-12-11-21(34-2)16-23(22)28)27(33)32-17-20-10-9-19(26(29)30)15-24(20)31-14-13-18-7-5-4-6-8-18/h4-12,15-16,25,31H,3,13-14,17H2,1-2H3,(H3,29,30)(H,32,33). The Morgan fingerprint density at radius 2 is 1.89 bits per heavy atom. The van der Waals surface area contributed by atoms with Crippen molar-refractivity contribution in [2.75, 3.05) is 25.6 Å². The minimum Gasteiger partial charge on any atom is -0.497 e. The smallest absolute Gasteiger partial charge is 0.254 e. The lowest BCUT2D eigenvalue weighted by Crippen LogP contribution is -2.31. The molecule has 0 heterocycles. The first kappa shape index (κ1) is 25.7. The van der Waals surface area contributed by atoms with E-state index in [4.69, 9.17) is 20.6 Å². The molecular weight excluding hydrogens is 447 g/mol. The Hall–Kier alpha value is -3.91. The maximum Gasteiger partial charge on any atom is 0.254 e. The number of carbonyl (C=O) groups excluding carboxylic acids is 1. The summed E-state index contributed by atoms with van der Waals surface area (Å²) in [5.74, 6) is -0.717. The van der Waals surface area contributed by atoms with E-state index in [0.717, 1.165) is 17.7 Å². The number of amidine groups is 1. The van der Waals surface area contributed by atoms with E-state index in [1.165, 1.54) is 24.8 Å². The van der Waals surface area contributed by atoms with Gasteiger partial charge in [-0.15, -0.1) is 0 Å². The van der Waals surface area contributed by atoms with Gasteiger partial charge in [0.05, 0.1) is 7.11 Å². The molecule has 3 aromatic carbocycles. The third kappa shape index (κ3) is 7.04. The number of rotatable bonds is 12. The van der Waals surface area contributed by atoms with Gasteiger partial charge in [0.25, 0.3) is 5.91 Å². The SMILES string of the molecule is CCOC(C(=O)NCc1ccc(C(=N)N)cc1NCCc1ccccc1)c1ccc(OC)cc1F. The van der Waals surface area contributed by atoms with Crippen LogP contribution in [0.4, 0.5) is 10.1 Å². The second-order valence-electron chi connectivity index (χ2n) is 7.89. The van der Waals surface area contributed by atoms with Gasteiger partial charge in [-0.1, -0.05) is 42.5 Å². The molecule has 0 fully saturated rings. The number of carbonyl (C=O) groups is 1. The lowest BCUT2D eigenvalue weighted by atomic mass is 10.1. The minimum absolute atomic E-state index is 0.0434. The van der Waals surface area contributed by atoms with E-state index >= 15 is 0 Å². The van der Waals surface area contributed by atoms with Crippen molar-refractivity contribution in [1.82, 2.24) is 5.32 Å². The Bertz CT molecular complexity index is 1150. The third-order valence-electron chi connectivity index (χ3n) is 5.51. The van der Waals surface area contributed by atoms with E-state index < -0.39 is 17.8 Å². The van der Waals surface area contributed by atoms with E-state index in [0.29, 0.717) is 17.9 Å². The molecule has 3 aromatic rings. The van der Waals surface area contributed by atoms with Crippen molar-refractivity contribution >= 4 is 17.4 Å². The number of methoxy groups -OCH3 is 1. The lowest BCUT2D eigenvalue weighted by molar-refractivity contribution is -0.133. The summed E-state index contributed by atoms with van der Waals surface area (Å²) in [6, 6.07) is 19.7. The van der Waals surface area contributed by atoms with E-state index in [2.05, 4.69) is 22.8 Å². The quantitative estimate of drug-likeness (QED) is 0.231. The van der Waals surface area contributed by atoms with Crippen molar-refractivity contribution in [3.63, 3.8) is 0 Å². The molecule has 1 amide bonds. The van der Waals surface area contributed by atoms with Crippen molar-refractivity contribution in [1.29, 1.82) is 5.41 Å². The van der Waals surface area contributed by atoms with Crippen LogP contribution in [0, 0.1) is 11.2 Å². The molecule has 3 rings (SSSR count). The van der Waals surface area contributed by atoms with Crippen LogP contribution in [0.15, 0.2) is 66.7 Å². The average molecular weight is 479 g/mol. The van der Waals surface area contributed by atoms with Gasteiger partial charge in [0.2, 0.25) is 0 Å². The van der Waals surface area contributed by atoms with Gasteiger partial charge in [-0.25, -0.2) is 4.39 Å². The van der Waals surface area contributed by atoms with Crippen LogP contribution in [0.3, 0.4) is 0 Å². The molecule has 1 unspecified atom stereocenters. The first-order valence-electron chi connectivity index (χ1n) is 11.4. The van der Waals surface area contributed by atoms with Gasteiger partial charge in [-0.3, -0.25) is 10.2 Å². The molecule has 0 bridgehead atoms. The summed E-state index contributed by atoms with van der Waals surface area (Å²) >= 11 is 0. The molecule has 5 N–H and O–H groups in total. The Labute approximate surface area is 205 Å². The third-order valence-corrected chi connectivity index (χ3v) is 5.51. The zero-order valence-corrected chi connectivity index (χ0v) is 19.9. The van der Waals surface area contributed by atoms with Crippen LogP contribution in [-0.2, 0) is 22.5 Å². The first-order chi connectivity index (χ1) is 16.9. The number of nitrogens with two attached hydrogens (primary N) is 1. The predicted molar refractivity (Wildman–Crippen MR) is 135 cm³/mol. The molecule has 0 aliphatic carbocycles. The monoisotopic (exact) mass is 478 g/mol. The van der Waals surface area contributed by atoms with E-state index in [1.54, 1.807) is 25.1 Å². The van der Waals surface area contributed by atoms with Crippen LogP contribution in [0.2, 0.25) is 0 Å². The fourth-order valence-electron chi connectivity index (χ4n) is 3.64. The summed E-state index contributed by atoms with van der Waals surface area (Å²) < 4.78 is 25.2. The van der Waals surface area contributed by atoms with Crippen molar-refractivity contribution < 1.29 is 18.7 Å². The Kier molecular flexibility index (Phi) is 9.20. The van der Waals surface area contributed by atoms with Gasteiger partial charge in [0.15, 0.2) is 6.10 Å². The predicted octanol–water partition coefficient (Wildman–Crippen LogP) is 4.17. The molecule has 184 valence electrons. The van der Waals surface area contributed by atoms with Gasteiger partial charge < -0.3 is 25.8 Å². The number of halogens is 1. The van der Waals surface area contributed by atoms with Gasteiger partial charge >= 0.3 is 0 Å². The number of benzene rings is 3. The summed E-state index contributed by atoms with van der Waals surface area (Å²) in [5, 5.41) is 14.0. The molecular formula is C27H31FN4O3. The summed E-state index contributed by atoms with van der Waals surface area (Å²) in [6.07, 6.45) is -0.294. The number of anilines is 1. The van der Waals surface area contributed by atoms with Crippen LogP contribution in [0.1, 0.15) is 35.3 Å². The van der Waals surface area contributed by atoms with Crippen LogP contribution < -0.4 is 21.1 Å². The molecule has 0 aliphatic rings. The Balaban J connectivity index is 1.73. The molecule has 7 nitrogen and oxygen atoms in total. The highest BCUT2D eigenvalue weighted by molar-refractivity contribution is 5.96. The van der Waals surface area contributed by atoms with Crippen LogP contribution >= 0.6 is 0 Å². The van der Waals surface area contributed by atoms with Crippen molar-refractivity contribution in [3.05, 3.63) is 94.8 Å². The fourth-order valence-corrected chi connectivity index (χ4v) is 3.64. The number of hydrogen-bond donors (Lipinski definition) is 4. The number of nitrogens with one attached hydrogen (secondary N) is 3. The maximum atomic E-state index is 14.6. The maximum absolute atomic E-state index is 14.6. The lowest BCUT2D eigenvalue weighted by Gasteiger charge is -2.19. The van der Waals surface area contributed by atoms with Gasteiger partial charge in [0, 0.05) is 42.6 Å². The highest BCUT2D eigenvalue weighted by Gasteiger charge is 2.24. The number of nitrogen functional groups attached to an aromatic ring is 1. The molecule has 0 saturated heterocycles. The zero-order chi connectivity index (χ0) is 25.2. The molecule has 1 atom stereocenters. The Morgan fingerprint density at radius 1 is 1.11 bits per heavy atom. The summed E-state index contributed by atoms with van der Waals surface area (Å²) in [7, 11) is 1.45. The molecule has 35 heavy (non-hydrogen) atoms. The largest absolute Gasteiger partial charge is 0.497 e. The molecule has 0 radical (unpaired) electrons. The van der Waals surface area contributed by atoms with E-state index in [-0.39, 0.29) is 24.6 Å². The normalized spacial score (nSPS) is 11.5. The molecule has 0 spiro atoms. The van der Waals surface area contributed by atoms with E-state index in [1.807, 2.05) is 24.3 Å². The minimum atomic E-state index is -1.10. The second kappa shape index (κ2) is 12.5. The van der Waals surface area contributed by atoms with Crippen LogP contribution in [0.5, 0.6) is 5.75 Å². The van der Waals surface area contributed by atoms with Gasteiger partial charge in [0.1, 0.15) is 17.4 Å². The van der Waals surface area contributed by atoms with Crippen molar-refractivity contribution in [2.45, 2.75) is 26.0 Å². The number of amides is 1. The molecule has 0 aromatic heterocycles. The first-order valence-corrected chi connectivity index (χ1v) is 11.4.